The Balaban J connectivity index is 1.55. The second-order valence-electron chi connectivity index (χ2n) is 9.26. The van der Waals surface area contributed by atoms with Crippen LogP contribution >= 0.6 is 11.8 Å². The number of fused-ring (bicyclic) bond motifs is 4. The zero-order valence-corrected chi connectivity index (χ0v) is 20.7. The highest BCUT2D eigenvalue weighted by Gasteiger charge is 2.54. The first-order valence-corrected chi connectivity index (χ1v) is 13.0. The lowest BCUT2D eigenvalue weighted by atomic mass is 9.75. The maximum atomic E-state index is 13.8. The van der Waals surface area contributed by atoms with Gasteiger partial charge in [0.25, 0.3) is 0 Å². The van der Waals surface area contributed by atoms with E-state index < -0.39 is 6.04 Å². The summed E-state index contributed by atoms with van der Waals surface area (Å²) in [5.74, 6) is 1.94. The Bertz CT molecular complexity index is 1120. The average Bonchev–Trinajstić information content (AvgIpc) is 2.87. The molecule has 1 saturated heterocycles. The average molecular weight is 483 g/mol. The molecule has 0 radical (unpaired) electrons. The highest BCUT2D eigenvalue weighted by atomic mass is 32.2. The van der Waals surface area contributed by atoms with E-state index in [1.165, 1.54) is 18.2 Å². The first kappa shape index (κ1) is 23.0. The molecule has 1 spiro atoms. The van der Waals surface area contributed by atoms with Gasteiger partial charge in [0.2, 0.25) is 5.91 Å². The number of piperazine rings is 1. The number of aromatic nitrogens is 2. The number of thioether (sulfide) groups is 1. The number of benzene rings is 1. The Morgan fingerprint density at radius 3 is 2.65 bits per heavy atom. The molecular formula is C25H30N4O4S. The lowest BCUT2D eigenvalue weighted by Gasteiger charge is -2.57. The number of carbonyl (C=O) groups is 2. The fraction of sp³-hybridized carbons (Fsp3) is 0.520. The molecule has 180 valence electrons. The largest absolute Gasteiger partial charge is 0.497 e. The topological polar surface area (TPSA) is 84.9 Å². The second-order valence-corrected chi connectivity index (χ2v) is 10.0. The lowest BCUT2D eigenvalue weighted by Crippen LogP contribution is -2.71. The number of ketones is 1. The first-order chi connectivity index (χ1) is 16.5. The number of carbonyl (C=O) groups excluding carboxylic acids is 2. The van der Waals surface area contributed by atoms with Crippen molar-refractivity contribution in [3.8, 4) is 11.5 Å². The molecule has 3 aliphatic rings. The molecular weight excluding hydrogens is 452 g/mol. The minimum absolute atomic E-state index is 0.0302. The number of hydrogen-bond donors (Lipinski definition) is 0. The number of rotatable bonds is 5. The van der Waals surface area contributed by atoms with Crippen LogP contribution in [0.15, 0.2) is 29.6 Å². The van der Waals surface area contributed by atoms with E-state index in [9.17, 15) is 9.59 Å². The zero-order chi connectivity index (χ0) is 23.9. The normalized spacial score (nSPS) is 21.3. The van der Waals surface area contributed by atoms with Gasteiger partial charge >= 0.3 is 0 Å². The molecule has 3 heterocycles. The summed E-state index contributed by atoms with van der Waals surface area (Å²) in [6, 6.07) is 5.13. The number of ether oxygens (including phenoxy) is 2. The molecule has 0 bridgehead atoms. The molecule has 5 rings (SSSR count). The molecule has 0 N–H and O–H groups in total. The van der Waals surface area contributed by atoms with Crippen LogP contribution in [0.5, 0.6) is 11.5 Å². The van der Waals surface area contributed by atoms with Gasteiger partial charge in [-0.1, -0.05) is 31.0 Å². The Kier molecular flexibility index (Phi) is 6.14. The Morgan fingerprint density at radius 2 is 1.94 bits per heavy atom. The minimum Gasteiger partial charge on any atom is -0.497 e. The number of anilines is 1. The molecule has 1 amide bonds. The molecule has 1 aliphatic carbocycles. The van der Waals surface area contributed by atoms with Crippen molar-refractivity contribution in [2.75, 3.05) is 31.9 Å². The van der Waals surface area contributed by atoms with E-state index in [4.69, 9.17) is 14.5 Å². The third-order valence-electron chi connectivity index (χ3n) is 7.38. The lowest BCUT2D eigenvalue weighted by molar-refractivity contribution is -0.138. The summed E-state index contributed by atoms with van der Waals surface area (Å²) in [4.78, 5) is 40.1. The fourth-order valence-corrected chi connectivity index (χ4v) is 6.10. The minimum atomic E-state index is -0.541. The summed E-state index contributed by atoms with van der Waals surface area (Å²) in [5, 5.41) is 0.621. The number of hydrogen-bond acceptors (Lipinski definition) is 8. The molecule has 1 atom stereocenters. The van der Waals surface area contributed by atoms with Gasteiger partial charge in [-0.15, -0.1) is 0 Å². The molecule has 1 aromatic carbocycles. The van der Waals surface area contributed by atoms with Crippen molar-refractivity contribution in [2.24, 2.45) is 0 Å². The van der Waals surface area contributed by atoms with Gasteiger partial charge in [0.15, 0.2) is 10.9 Å². The predicted octanol–water partition coefficient (Wildman–Crippen LogP) is 3.72. The summed E-state index contributed by atoms with van der Waals surface area (Å²) in [6.45, 7) is 1.03. The predicted molar refractivity (Wildman–Crippen MR) is 130 cm³/mol. The van der Waals surface area contributed by atoms with E-state index >= 15 is 0 Å². The van der Waals surface area contributed by atoms with Crippen LogP contribution in [0.2, 0.25) is 0 Å². The van der Waals surface area contributed by atoms with Crippen LogP contribution in [-0.4, -0.2) is 65.2 Å². The molecule has 8 nitrogen and oxygen atoms in total. The fourth-order valence-electron chi connectivity index (χ4n) is 5.76. The summed E-state index contributed by atoms with van der Waals surface area (Å²) in [7, 11) is 3.24. The number of methoxy groups -OCH3 is 2. The van der Waals surface area contributed by atoms with Gasteiger partial charge < -0.3 is 19.3 Å². The molecule has 1 saturated carbocycles. The third kappa shape index (κ3) is 3.79. The zero-order valence-electron chi connectivity index (χ0n) is 19.9. The number of amides is 1. The Hall–Kier alpha value is -2.81. The standard InChI is InChI=1S/C25H30N4O4S/c1-32-17-8-7-16(21(11-17)33-2)14-28-15-25(9-5-4-6-10-25)29-19(23(28)31)12-20(30)18-13-26-24(34-3)27-22(18)29/h7-8,11,13,19H,4-6,9-10,12,14-15H2,1-3H3. The van der Waals surface area contributed by atoms with Crippen molar-refractivity contribution in [3.63, 3.8) is 0 Å². The van der Waals surface area contributed by atoms with E-state index in [0.29, 0.717) is 41.1 Å². The van der Waals surface area contributed by atoms with E-state index in [0.717, 1.165) is 31.2 Å². The number of Topliss-reactive ketones (excluding diaryl/α,β-unsaturated/α-hetero) is 1. The molecule has 34 heavy (non-hydrogen) atoms. The van der Waals surface area contributed by atoms with E-state index in [2.05, 4.69) is 9.88 Å². The Labute approximate surface area is 204 Å². The van der Waals surface area contributed by atoms with Gasteiger partial charge in [0.05, 0.1) is 25.3 Å². The van der Waals surface area contributed by atoms with Crippen LogP contribution in [0.4, 0.5) is 5.82 Å². The third-order valence-corrected chi connectivity index (χ3v) is 7.94. The smallest absolute Gasteiger partial charge is 0.246 e. The van der Waals surface area contributed by atoms with Crippen LogP contribution in [-0.2, 0) is 11.3 Å². The van der Waals surface area contributed by atoms with E-state index in [1.54, 1.807) is 20.4 Å². The van der Waals surface area contributed by atoms with Gasteiger partial charge in [0.1, 0.15) is 23.4 Å². The second kappa shape index (κ2) is 9.09. The highest BCUT2D eigenvalue weighted by molar-refractivity contribution is 7.98. The summed E-state index contributed by atoms with van der Waals surface area (Å²) in [5.41, 5.74) is 1.22. The molecule has 2 aliphatic heterocycles. The summed E-state index contributed by atoms with van der Waals surface area (Å²) < 4.78 is 10.9. The van der Waals surface area contributed by atoms with Gasteiger partial charge in [0, 0.05) is 37.3 Å². The van der Waals surface area contributed by atoms with Crippen molar-refractivity contribution >= 4 is 29.3 Å². The summed E-state index contributed by atoms with van der Waals surface area (Å²) >= 11 is 1.45. The SMILES string of the molecule is COc1ccc(CN2CC3(CCCCC3)N3c4nc(SC)ncc4C(=O)CC3C2=O)c(OC)c1. The first-order valence-electron chi connectivity index (χ1n) is 11.7. The molecule has 9 heteroatoms. The van der Waals surface area contributed by atoms with Crippen molar-refractivity contribution in [3.05, 3.63) is 35.5 Å². The summed E-state index contributed by atoms with van der Waals surface area (Å²) in [6.07, 6.45) is 9.05. The quantitative estimate of drug-likeness (QED) is 0.471. The van der Waals surface area contributed by atoms with Crippen molar-refractivity contribution in [2.45, 2.75) is 61.8 Å². The molecule has 2 fully saturated rings. The molecule has 1 unspecified atom stereocenters. The highest BCUT2D eigenvalue weighted by Crippen LogP contribution is 2.46. The van der Waals surface area contributed by atoms with Crippen LogP contribution < -0.4 is 14.4 Å². The maximum Gasteiger partial charge on any atom is 0.246 e. The van der Waals surface area contributed by atoms with Crippen LogP contribution in [0.3, 0.4) is 0 Å². The van der Waals surface area contributed by atoms with Gasteiger partial charge in [-0.25, -0.2) is 9.97 Å². The van der Waals surface area contributed by atoms with E-state index in [1.807, 2.05) is 29.4 Å². The van der Waals surface area contributed by atoms with Crippen LogP contribution in [0.25, 0.3) is 0 Å². The van der Waals surface area contributed by atoms with Crippen molar-refractivity contribution < 1.29 is 19.1 Å². The van der Waals surface area contributed by atoms with Gasteiger partial charge in [-0.2, -0.15) is 0 Å². The van der Waals surface area contributed by atoms with Crippen LogP contribution in [0.1, 0.15) is 54.4 Å². The van der Waals surface area contributed by atoms with Crippen LogP contribution in [0, 0.1) is 0 Å². The van der Waals surface area contributed by atoms with Gasteiger partial charge in [-0.05, 0) is 31.2 Å². The number of nitrogens with zero attached hydrogens (tertiary/aromatic N) is 4. The van der Waals surface area contributed by atoms with E-state index in [-0.39, 0.29) is 23.7 Å². The Morgan fingerprint density at radius 1 is 1.15 bits per heavy atom. The maximum absolute atomic E-state index is 13.8. The van der Waals surface area contributed by atoms with Crippen molar-refractivity contribution in [1.29, 1.82) is 0 Å². The van der Waals surface area contributed by atoms with Gasteiger partial charge in [-0.3, -0.25) is 9.59 Å². The molecule has 1 aromatic heterocycles. The molecule has 2 aromatic rings. The van der Waals surface area contributed by atoms with Crippen molar-refractivity contribution in [1.82, 2.24) is 14.9 Å². The monoisotopic (exact) mass is 482 g/mol.